The molecule has 0 aliphatic carbocycles. The Morgan fingerprint density at radius 3 is 2.16 bits per heavy atom. The Balaban J connectivity index is 1.14. The summed E-state index contributed by atoms with van der Waals surface area (Å²) in [6, 6.07) is 40.8. The number of carbonyl (C=O) groups excluding carboxylic acids is 3. The molecule has 49 heavy (non-hydrogen) atoms. The highest BCUT2D eigenvalue weighted by molar-refractivity contribution is 6.40. The number of hydrazone groups is 1. The largest absolute Gasteiger partial charge is 0.489 e. The van der Waals surface area contributed by atoms with E-state index in [1.807, 2.05) is 104 Å². The number of anilines is 2. The van der Waals surface area contributed by atoms with Gasteiger partial charge < -0.3 is 15.4 Å². The average molecular weight is 649 g/mol. The molecule has 242 valence electrons. The summed E-state index contributed by atoms with van der Waals surface area (Å²) in [4.78, 5) is 38.5. The first kappa shape index (κ1) is 32.1. The molecule has 0 atom stereocenters. The van der Waals surface area contributed by atoms with Crippen LogP contribution in [0.4, 0.5) is 11.4 Å². The fourth-order valence-corrected chi connectivity index (χ4v) is 4.88. The maximum Gasteiger partial charge on any atom is 0.329 e. The van der Waals surface area contributed by atoms with E-state index in [2.05, 4.69) is 21.2 Å². The van der Waals surface area contributed by atoms with Gasteiger partial charge in [-0.15, -0.1) is 0 Å². The Morgan fingerprint density at radius 1 is 0.755 bits per heavy atom. The third kappa shape index (κ3) is 8.32. The molecule has 0 fully saturated rings. The number of hydrogen-bond acceptors (Lipinski definition) is 6. The van der Waals surface area contributed by atoms with Gasteiger partial charge in [0.25, 0.3) is 5.91 Å². The third-order valence-electron chi connectivity index (χ3n) is 7.44. The summed E-state index contributed by atoms with van der Waals surface area (Å²) >= 11 is 0. The van der Waals surface area contributed by atoms with Crippen LogP contribution in [-0.4, -0.2) is 33.7 Å². The highest BCUT2D eigenvalue weighted by Crippen LogP contribution is 2.26. The van der Waals surface area contributed by atoms with E-state index in [9.17, 15) is 14.4 Å². The van der Waals surface area contributed by atoms with E-state index < -0.39 is 17.7 Å². The number of nitrogens with one attached hydrogen (secondary N) is 3. The lowest BCUT2D eigenvalue weighted by Gasteiger charge is -2.11. The molecule has 6 aromatic rings. The van der Waals surface area contributed by atoms with Crippen molar-refractivity contribution in [2.45, 2.75) is 13.5 Å². The van der Waals surface area contributed by atoms with Crippen LogP contribution in [0.1, 0.15) is 27.0 Å². The minimum absolute atomic E-state index is 0.179. The Labute approximate surface area is 283 Å². The Bertz CT molecular complexity index is 2090. The molecule has 0 saturated heterocycles. The molecule has 0 aliphatic heterocycles. The number of ether oxygens (including phenoxy) is 1. The fraction of sp³-hybridized carbons (Fsp3) is 0.0513. The molecule has 0 saturated carbocycles. The molecule has 0 radical (unpaired) electrons. The van der Waals surface area contributed by atoms with Crippen molar-refractivity contribution in [3.8, 4) is 22.7 Å². The summed E-state index contributed by atoms with van der Waals surface area (Å²) in [5.74, 6) is -1.73. The van der Waals surface area contributed by atoms with Crippen molar-refractivity contribution in [3.63, 3.8) is 0 Å². The van der Waals surface area contributed by atoms with Gasteiger partial charge in [-0.1, -0.05) is 78.4 Å². The van der Waals surface area contributed by atoms with Crippen LogP contribution in [0.5, 0.6) is 5.75 Å². The smallest absolute Gasteiger partial charge is 0.329 e. The molecule has 10 heteroatoms. The van der Waals surface area contributed by atoms with E-state index in [0.717, 1.165) is 22.4 Å². The molecule has 0 bridgehead atoms. The minimum atomic E-state index is -1.01. The normalized spacial score (nSPS) is 10.8. The zero-order chi connectivity index (χ0) is 34.0. The average Bonchev–Trinajstić information content (AvgIpc) is 3.57. The molecule has 3 N–H and O–H groups in total. The predicted molar refractivity (Wildman–Crippen MR) is 190 cm³/mol. The van der Waals surface area contributed by atoms with Crippen molar-refractivity contribution < 1.29 is 19.1 Å². The molecular weight excluding hydrogens is 616 g/mol. The van der Waals surface area contributed by atoms with E-state index in [1.165, 1.54) is 6.21 Å². The topological polar surface area (TPSA) is 127 Å². The van der Waals surface area contributed by atoms with E-state index in [0.29, 0.717) is 29.3 Å². The summed E-state index contributed by atoms with van der Waals surface area (Å²) in [6.07, 6.45) is 3.21. The summed E-state index contributed by atoms with van der Waals surface area (Å²) in [6.45, 7) is 2.39. The van der Waals surface area contributed by atoms with Gasteiger partial charge in [0.05, 0.1) is 23.2 Å². The number of carbonyl (C=O) groups is 3. The lowest BCUT2D eigenvalue weighted by atomic mass is 10.1. The Kier molecular flexibility index (Phi) is 9.96. The number of aryl methyl sites for hydroxylation is 1. The van der Waals surface area contributed by atoms with Crippen LogP contribution in [0.2, 0.25) is 0 Å². The van der Waals surface area contributed by atoms with Crippen molar-refractivity contribution >= 4 is 35.3 Å². The molecule has 0 aliphatic rings. The number of nitrogens with zero attached hydrogens (tertiary/aromatic N) is 3. The number of aromatic nitrogens is 2. The summed E-state index contributed by atoms with van der Waals surface area (Å²) in [5.41, 5.74) is 8.21. The maximum atomic E-state index is 13.0. The zero-order valence-corrected chi connectivity index (χ0v) is 26.5. The van der Waals surface area contributed by atoms with E-state index in [4.69, 9.17) is 9.84 Å². The first-order valence-corrected chi connectivity index (χ1v) is 15.5. The van der Waals surface area contributed by atoms with Gasteiger partial charge >= 0.3 is 11.8 Å². The number of amides is 3. The maximum absolute atomic E-state index is 13.0. The van der Waals surface area contributed by atoms with Gasteiger partial charge in [0, 0.05) is 23.0 Å². The molecule has 1 heterocycles. The lowest BCUT2D eigenvalue weighted by Crippen LogP contribution is -2.33. The zero-order valence-electron chi connectivity index (χ0n) is 26.5. The van der Waals surface area contributed by atoms with E-state index in [1.54, 1.807) is 47.3 Å². The van der Waals surface area contributed by atoms with Crippen molar-refractivity contribution in [2.75, 3.05) is 10.6 Å². The molecule has 1 aromatic heterocycles. The van der Waals surface area contributed by atoms with Crippen LogP contribution in [-0.2, 0) is 16.2 Å². The quantitative estimate of drug-likeness (QED) is 0.0859. The summed E-state index contributed by atoms with van der Waals surface area (Å²) < 4.78 is 7.65. The summed E-state index contributed by atoms with van der Waals surface area (Å²) in [7, 11) is 0. The molecule has 5 aromatic carbocycles. The molecule has 3 amide bonds. The van der Waals surface area contributed by atoms with Gasteiger partial charge in [-0.25, -0.2) is 10.1 Å². The highest BCUT2D eigenvalue weighted by Gasteiger charge is 2.18. The lowest BCUT2D eigenvalue weighted by molar-refractivity contribution is -0.136. The van der Waals surface area contributed by atoms with Crippen molar-refractivity contribution in [1.82, 2.24) is 15.2 Å². The van der Waals surface area contributed by atoms with Crippen LogP contribution >= 0.6 is 0 Å². The predicted octanol–water partition coefficient (Wildman–Crippen LogP) is 6.77. The first-order chi connectivity index (χ1) is 23.9. The fourth-order valence-electron chi connectivity index (χ4n) is 4.88. The monoisotopic (exact) mass is 648 g/mol. The number of benzene rings is 5. The van der Waals surface area contributed by atoms with Gasteiger partial charge in [-0.3, -0.25) is 14.4 Å². The van der Waals surface area contributed by atoms with Crippen molar-refractivity contribution in [3.05, 3.63) is 162 Å². The first-order valence-electron chi connectivity index (χ1n) is 15.5. The minimum Gasteiger partial charge on any atom is -0.489 e. The van der Waals surface area contributed by atoms with Gasteiger partial charge in [-0.2, -0.15) is 10.2 Å². The van der Waals surface area contributed by atoms with E-state index >= 15 is 0 Å². The number of rotatable bonds is 10. The second-order valence-electron chi connectivity index (χ2n) is 11.0. The summed E-state index contributed by atoms with van der Waals surface area (Å²) in [5, 5.41) is 14.1. The molecular formula is C39H32N6O4. The van der Waals surface area contributed by atoms with Crippen LogP contribution < -0.4 is 20.8 Å². The molecule has 10 nitrogen and oxygen atoms in total. The van der Waals surface area contributed by atoms with Gasteiger partial charge in [0.2, 0.25) is 0 Å². The van der Waals surface area contributed by atoms with Crippen LogP contribution in [0.3, 0.4) is 0 Å². The standard InChI is InChI=1S/C39H32N6O4/c1-27-16-20-31(21-17-27)41-37(46)34-14-8-9-15-35(34)42-38(47)39(48)43-40-24-30-25-45(32-12-6-3-7-13-32)44-36(30)29-18-22-33(23-19-29)49-26-28-10-4-2-5-11-28/h2-25H,26H2,1H3,(H,41,46)(H,42,47)(H,43,48)/b40-24+. The van der Waals surface area contributed by atoms with Crippen LogP contribution in [0, 0.1) is 6.92 Å². The molecule has 0 unspecified atom stereocenters. The second-order valence-corrected chi connectivity index (χ2v) is 11.0. The van der Waals surface area contributed by atoms with Crippen molar-refractivity contribution in [2.24, 2.45) is 5.10 Å². The Morgan fingerprint density at radius 2 is 1.43 bits per heavy atom. The van der Waals surface area contributed by atoms with Crippen LogP contribution in [0.25, 0.3) is 16.9 Å². The van der Waals surface area contributed by atoms with Gasteiger partial charge in [-0.05, 0) is 73.2 Å². The molecule has 0 spiro atoms. The van der Waals surface area contributed by atoms with Gasteiger partial charge in [0.15, 0.2) is 0 Å². The molecule has 6 rings (SSSR count). The SMILES string of the molecule is Cc1ccc(NC(=O)c2ccccc2NC(=O)C(=O)N/N=C/c2cn(-c3ccccc3)nc2-c2ccc(OCc3ccccc3)cc2)cc1. The van der Waals surface area contributed by atoms with Crippen molar-refractivity contribution in [1.29, 1.82) is 0 Å². The van der Waals surface area contributed by atoms with E-state index in [-0.39, 0.29) is 11.3 Å². The number of para-hydroxylation sites is 2. The van der Waals surface area contributed by atoms with Gasteiger partial charge in [0.1, 0.15) is 18.1 Å². The Hall–Kier alpha value is -6.81. The van der Waals surface area contributed by atoms with Crippen LogP contribution in [0.15, 0.2) is 145 Å². The second kappa shape index (κ2) is 15.2. The third-order valence-corrected chi connectivity index (χ3v) is 7.44. The highest BCUT2D eigenvalue weighted by atomic mass is 16.5. The number of hydrogen-bond donors (Lipinski definition) is 3.